The summed E-state index contributed by atoms with van der Waals surface area (Å²) < 4.78 is 24.9. The van der Waals surface area contributed by atoms with Crippen LogP contribution in [-0.4, -0.2) is 56.1 Å². The van der Waals surface area contributed by atoms with E-state index in [9.17, 15) is 8.78 Å². The van der Waals surface area contributed by atoms with E-state index in [-0.39, 0.29) is 30.5 Å². The van der Waals surface area contributed by atoms with Crippen molar-refractivity contribution in [1.29, 1.82) is 0 Å². The number of alkyl halides is 2. The number of halogens is 3. The molecule has 0 spiro atoms. The van der Waals surface area contributed by atoms with Gasteiger partial charge in [-0.15, -0.1) is 24.0 Å². The molecule has 1 saturated heterocycles. The van der Waals surface area contributed by atoms with Crippen LogP contribution in [-0.2, 0) is 6.42 Å². The number of rotatable bonds is 7. The van der Waals surface area contributed by atoms with Crippen LogP contribution in [0.15, 0.2) is 29.3 Å². The van der Waals surface area contributed by atoms with E-state index in [1.165, 1.54) is 11.1 Å². The van der Waals surface area contributed by atoms with E-state index in [0.717, 1.165) is 38.3 Å². The van der Waals surface area contributed by atoms with Gasteiger partial charge in [-0.05, 0) is 38.7 Å². The predicted molar refractivity (Wildman–Crippen MR) is 115 cm³/mol. The van der Waals surface area contributed by atoms with Gasteiger partial charge in [0.2, 0.25) is 0 Å². The number of nitrogens with zero attached hydrogens (tertiary/aromatic N) is 2. The number of hydrogen-bond donors (Lipinski definition) is 2. The van der Waals surface area contributed by atoms with Gasteiger partial charge in [-0.25, -0.2) is 8.78 Å². The minimum atomic E-state index is -2.25. The molecule has 0 saturated carbocycles. The average molecular weight is 480 g/mol. The SMILES string of the molecule is CCNC(=NCCc1ccc(C)cc1)NC1CCN(CC(F)F)CC1.I. The van der Waals surface area contributed by atoms with E-state index in [0.29, 0.717) is 19.1 Å². The van der Waals surface area contributed by atoms with Crippen LogP contribution in [0.2, 0.25) is 0 Å². The van der Waals surface area contributed by atoms with Crippen molar-refractivity contribution in [3.05, 3.63) is 35.4 Å². The molecule has 2 N–H and O–H groups in total. The molecule has 1 aliphatic rings. The summed E-state index contributed by atoms with van der Waals surface area (Å²) in [4.78, 5) is 6.49. The summed E-state index contributed by atoms with van der Waals surface area (Å²) in [6, 6.07) is 8.82. The molecule has 4 nitrogen and oxygen atoms in total. The molecule has 0 atom stereocenters. The molecule has 26 heavy (non-hydrogen) atoms. The predicted octanol–water partition coefficient (Wildman–Crippen LogP) is 3.44. The molecule has 1 aromatic rings. The van der Waals surface area contributed by atoms with Crippen LogP contribution in [0, 0.1) is 6.92 Å². The fraction of sp³-hybridized carbons (Fsp3) is 0.632. The van der Waals surface area contributed by atoms with Gasteiger partial charge >= 0.3 is 0 Å². The highest BCUT2D eigenvalue weighted by molar-refractivity contribution is 14.0. The maximum atomic E-state index is 12.4. The first-order valence-electron chi connectivity index (χ1n) is 9.17. The summed E-state index contributed by atoms with van der Waals surface area (Å²) in [7, 11) is 0. The van der Waals surface area contributed by atoms with Gasteiger partial charge < -0.3 is 10.6 Å². The van der Waals surface area contributed by atoms with Crippen molar-refractivity contribution in [1.82, 2.24) is 15.5 Å². The summed E-state index contributed by atoms with van der Waals surface area (Å²) >= 11 is 0. The van der Waals surface area contributed by atoms with Crippen LogP contribution in [0.1, 0.15) is 30.9 Å². The van der Waals surface area contributed by atoms with Gasteiger partial charge in [0.1, 0.15) is 0 Å². The van der Waals surface area contributed by atoms with Crippen LogP contribution in [0.5, 0.6) is 0 Å². The summed E-state index contributed by atoms with van der Waals surface area (Å²) in [6.45, 7) is 6.97. The van der Waals surface area contributed by atoms with Gasteiger partial charge in [0, 0.05) is 32.2 Å². The lowest BCUT2D eigenvalue weighted by molar-refractivity contribution is 0.0744. The Bertz CT molecular complexity index is 529. The summed E-state index contributed by atoms with van der Waals surface area (Å²) in [5, 5.41) is 6.72. The third-order valence-electron chi connectivity index (χ3n) is 4.46. The Balaban J connectivity index is 0.00000338. The van der Waals surface area contributed by atoms with Crippen LogP contribution in [0.25, 0.3) is 0 Å². The lowest BCUT2D eigenvalue weighted by Crippen LogP contribution is -2.49. The molecular formula is C19H31F2IN4. The maximum absolute atomic E-state index is 12.4. The second kappa shape index (κ2) is 12.4. The molecule has 0 aromatic heterocycles. The number of piperidine rings is 1. The molecule has 1 aromatic carbocycles. The maximum Gasteiger partial charge on any atom is 0.251 e. The first kappa shape index (κ1) is 23.1. The van der Waals surface area contributed by atoms with E-state index >= 15 is 0 Å². The van der Waals surface area contributed by atoms with Gasteiger partial charge in [-0.2, -0.15) is 0 Å². The monoisotopic (exact) mass is 480 g/mol. The Morgan fingerprint density at radius 3 is 2.46 bits per heavy atom. The van der Waals surface area contributed by atoms with Crippen molar-refractivity contribution in [2.24, 2.45) is 4.99 Å². The second-order valence-corrected chi connectivity index (χ2v) is 6.61. The van der Waals surface area contributed by atoms with Gasteiger partial charge in [0.15, 0.2) is 5.96 Å². The molecule has 0 radical (unpaired) electrons. The zero-order valence-corrected chi connectivity index (χ0v) is 18.0. The fourth-order valence-electron chi connectivity index (χ4n) is 3.02. The molecule has 0 bridgehead atoms. The molecule has 0 amide bonds. The highest BCUT2D eigenvalue weighted by Crippen LogP contribution is 2.12. The zero-order chi connectivity index (χ0) is 18.1. The third kappa shape index (κ3) is 8.62. The first-order valence-corrected chi connectivity index (χ1v) is 9.17. The molecule has 1 aliphatic heterocycles. The largest absolute Gasteiger partial charge is 0.357 e. The number of nitrogens with one attached hydrogen (secondary N) is 2. The lowest BCUT2D eigenvalue weighted by Gasteiger charge is -2.32. The van der Waals surface area contributed by atoms with E-state index in [1.54, 1.807) is 0 Å². The van der Waals surface area contributed by atoms with Crippen molar-refractivity contribution in [3.63, 3.8) is 0 Å². The summed E-state index contributed by atoms with van der Waals surface area (Å²) in [5.74, 6) is 0.821. The molecule has 0 unspecified atom stereocenters. The van der Waals surface area contributed by atoms with Crippen molar-refractivity contribution < 1.29 is 8.78 Å². The van der Waals surface area contributed by atoms with Gasteiger partial charge in [-0.1, -0.05) is 29.8 Å². The average Bonchev–Trinajstić information content (AvgIpc) is 2.58. The number of hydrogen-bond acceptors (Lipinski definition) is 2. The summed E-state index contributed by atoms with van der Waals surface area (Å²) in [5.41, 5.74) is 2.55. The standard InChI is InChI=1S/C19H30F2N4.HI/c1-3-22-19(23-11-8-16-6-4-15(2)5-7-16)24-17-9-12-25(13-10-17)14-18(20)21;/h4-7,17-18H,3,8-14H2,1-2H3,(H2,22,23,24);1H. The number of guanidine groups is 1. The second-order valence-electron chi connectivity index (χ2n) is 6.61. The molecule has 2 rings (SSSR count). The molecule has 1 fully saturated rings. The molecule has 0 aliphatic carbocycles. The van der Waals surface area contributed by atoms with E-state index < -0.39 is 6.43 Å². The first-order chi connectivity index (χ1) is 12.1. The van der Waals surface area contributed by atoms with Gasteiger partial charge in [0.25, 0.3) is 6.43 Å². The minimum absolute atomic E-state index is 0. The Hall–Kier alpha value is -0.960. The smallest absolute Gasteiger partial charge is 0.251 e. The highest BCUT2D eigenvalue weighted by Gasteiger charge is 2.21. The van der Waals surface area contributed by atoms with Crippen LogP contribution in [0.3, 0.4) is 0 Å². The van der Waals surface area contributed by atoms with Crippen molar-refractivity contribution in [2.75, 3.05) is 32.7 Å². The third-order valence-corrected chi connectivity index (χ3v) is 4.46. The van der Waals surface area contributed by atoms with E-state index in [1.807, 2.05) is 11.8 Å². The van der Waals surface area contributed by atoms with Crippen LogP contribution < -0.4 is 10.6 Å². The Morgan fingerprint density at radius 1 is 1.23 bits per heavy atom. The molecule has 1 heterocycles. The number of benzene rings is 1. The number of aliphatic imine (C=N–C) groups is 1. The van der Waals surface area contributed by atoms with Crippen LogP contribution in [0.4, 0.5) is 8.78 Å². The van der Waals surface area contributed by atoms with Gasteiger partial charge in [-0.3, -0.25) is 9.89 Å². The molecule has 7 heteroatoms. The number of likely N-dealkylation sites (tertiary alicyclic amines) is 1. The normalized spacial score (nSPS) is 16.4. The van der Waals surface area contributed by atoms with Crippen molar-refractivity contribution in [3.8, 4) is 0 Å². The quantitative estimate of drug-likeness (QED) is 0.357. The summed E-state index contributed by atoms with van der Waals surface area (Å²) in [6.07, 6.45) is 0.401. The molecule has 148 valence electrons. The highest BCUT2D eigenvalue weighted by atomic mass is 127. The van der Waals surface area contributed by atoms with Crippen molar-refractivity contribution in [2.45, 2.75) is 45.6 Å². The Kier molecular flexibility index (Phi) is 11.0. The lowest BCUT2D eigenvalue weighted by atomic mass is 10.1. The topological polar surface area (TPSA) is 39.7 Å². The zero-order valence-electron chi connectivity index (χ0n) is 15.7. The Labute approximate surface area is 172 Å². The van der Waals surface area contributed by atoms with Crippen molar-refractivity contribution >= 4 is 29.9 Å². The van der Waals surface area contributed by atoms with E-state index in [4.69, 9.17) is 0 Å². The molecular weight excluding hydrogens is 449 g/mol. The minimum Gasteiger partial charge on any atom is -0.357 e. The fourth-order valence-corrected chi connectivity index (χ4v) is 3.02. The van der Waals surface area contributed by atoms with Crippen LogP contribution >= 0.6 is 24.0 Å². The number of aryl methyl sites for hydroxylation is 1. The Morgan fingerprint density at radius 2 is 1.88 bits per heavy atom. The van der Waals surface area contributed by atoms with E-state index in [2.05, 4.69) is 46.8 Å². The van der Waals surface area contributed by atoms with Gasteiger partial charge in [0.05, 0.1) is 6.54 Å².